The van der Waals surface area contributed by atoms with Crippen LogP contribution in [0.25, 0.3) is 0 Å². The van der Waals surface area contributed by atoms with Crippen LogP contribution in [-0.2, 0) is 19.1 Å². The molecule has 1 N–H and O–H groups in total. The summed E-state index contributed by atoms with van der Waals surface area (Å²) in [6, 6.07) is 2.34. The molecular formula is C26H28F5N5O4S. The molecule has 0 radical (unpaired) electrons. The van der Waals surface area contributed by atoms with E-state index in [0.29, 0.717) is 26.1 Å². The van der Waals surface area contributed by atoms with Crippen LogP contribution in [0.3, 0.4) is 0 Å². The Bertz CT molecular complexity index is 1370. The number of halogens is 5. The van der Waals surface area contributed by atoms with Crippen LogP contribution in [0.4, 0.5) is 25.1 Å². The number of carbonyl (C=O) groups excluding carboxylic acids is 2. The molecular weight excluding hydrogens is 573 g/mol. The number of ether oxygens (including phenoxy) is 2. The number of aromatic nitrogens is 1. The average molecular weight is 602 g/mol. The fourth-order valence-corrected chi connectivity index (χ4v) is 5.99. The molecule has 2 saturated heterocycles. The summed E-state index contributed by atoms with van der Waals surface area (Å²) in [5.74, 6) is -1.35. The first-order valence-corrected chi connectivity index (χ1v) is 14.8. The molecule has 3 aliphatic rings. The van der Waals surface area contributed by atoms with Crippen LogP contribution in [0.15, 0.2) is 53.7 Å². The molecule has 41 heavy (non-hydrogen) atoms. The van der Waals surface area contributed by atoms with Crippen molar-refractivity contribution in [2.45, 2.75) is 47.9 Å². The Kier molecular flexibility index (Phi) is 6.75. The number of methoxy groups -OCH3 is 1. The summed E-state index contributed by atoms with van der Waals surface area (Å²) in [6.07, 6.45) is 5.64. The zero-order valence-electron chi connectivity index (χ0n) is 21.9. The van der Waals surface area contributed by atoms with E-state index < -0.39 is 50.7 Å². The van der Waals surface area contributed by atoms with Crippen molar-refractivity contribution in [2.75, 3.05) is 31.8 Å². The fraction of sp³-hybridized carbons (Fsp3) is 0.462. The van der Waals surface area contributed by atoms with Crippen molar-refractivity contribution >= 4 is 27.7 Å². The lowest BCUT2D eigenvalue weighted by Gasteiger charge is -2.41. The summed E-state index contributed by atoms with van der Waals surface area (Å²) in [6.45, 7) is 0.983. The second kappa shape index (κ2) is 9.53. The van der Waals surface area contributed by atoms with Crippen molar-refractivity contribution in [3.63, 3.8) is 0 Å². The molecule has 2 aromatic rings. The predicted octanol–water partition coefficient (Wildman–Crippen LogP) is 4.68. The molecule has 2 aliphatic heterocycles. The molecule has 1 aromatic carbocycles. The predicted molar refractivity (Wildman–Crippen MR) is 138 cm³/mol. The number of hydrogen-bond donors (Lipinski definition) is 1. The highest BCUT2D eigenvalue weighted by Gasteiger charge is 2.65. The third kappa shape index (κ3) is 5.81. The largest absolute Gasteiger partial charge is 0.381 e. The number of nitriles is 1. The SMILES string of the molecule is CO[C@@H]1C[C@H](C(=O)N(c2ccc(S(F)(F)(F)(F)F)cc2)C(C(=O)NC2(C3COC3)CC2)c2cccnc2)N(C#N)C1. The Hall–Kier alpha value is -3.48. The van der Waals surface area contributed by atoms with E-state index >= 15 is 0 Å². The molecule has 0 bridgehead atoms. The van der Waals surface area contributed by atoms with Crippen LogP contribution in [0.5, 0.6) is 0 Å². The summed E-state index contributed by atoms with van der Waals surface area (Å²) >= 11 is 0. The van der Waals surface area contributed by atoms with Gasteiger partial charge in [0.15, 0.2) is 6.19 Å². The minimum Gasteiger partial charge on any atom is -0.381 e. The minimum absolute atomic E-state index is 0.0632. The topological polar surface area (TPSA) is 108 Å². The highest BCUT2D eigenvalue weighted by Crippen LogP contribution is 3.02. The van der Waals surface area contributed by atoms with Gasteiger partial charge in [0.25, 0.3) is 5.91 Å². The Morgan fingerprint density at radius 1 is 1.20 bits per heavy atom. The highest BCUT2D eigenvalue weighted by molar-refractivity contribution is 8.45. The molecule has 2 amide bonds. The van der Waals surface area contributed by atoms with Crippen LogP contribution in [0, 0.1) is 17.4 Å². The molecule has 1 aromatic heterocycles. The zero-order chi connectivity index (χ0) is 29.7. The third-order valence-corrected chi connectivity index (χ3v) is 9.06. The van der Waals surface area contributed by atoms with Crippen LogP contribution < -0.4 is 10.2 Å². The van der Waals surface area contributed by atoms with Crippen molar-refractivity contribution in [1.82, 2.24) is 15.2 Å². The summed E-state index contributed by atoms with van der Waals surface area (Å²) in [7, 11) is -8.60. The van der Waals surface area contributed by atoms with Gasteiger partial charge in [0, 0.05) is 48.6 Å². The normalized spacial score (nSPS) is 24.3. The average Bonchev–Trinajstić information content (AvgIpc) is 3.50. The van der Waals surface area contributed by atoms with Crippen molar-refractivity contribution in [3.05, 3.63) is 54.4 Å². The summed E-state index contributed by atoms with van der Waals surface area (Å²) in [5, 5.41) is 12.7. The van der Waals surface area contributed by atoms with Crippen LogP contribution >= 0.6 is 10.2 Å². The Morgan fingerprint density at radius 3 is 2.37 bits per heavy atom. The van der Waals surface area contributed by atoms with Gasteiger partial charge in [0.2, 0.25) is 5.91 Å². The molecule has 3 fully saturated rings. The van der Waals surface area contributed by atoms with Gasteiger partial charge in [0.1, 0.15) is 17.0 Å². The molecule has 0 spiro atoms. The molecule has 3 atom stereocenters. The third-order valence-electron chi connectivity index (χ3n) is 7.89. The minimum atomic E-state index is -10.0. The zero-order valence-corrected chi connectivity index (χ0v) is 22.7. The smallest absolute Gasteiger partial charge is 0.310 e. The summed E-state index contributed by atoms with van der Waals surface area (Å²) < 4.78 is 78.1. The number of anilines is 1. The highest BCUT2D eigenvalue weighted by atomic mass is 32.5. The maximum Gasteiger partial charge on any atom is 0.310 e. The number of amides is 2. The monoisotopic (exact) mass is 601 g/mol. The number of hydrogen-bond acceptors (Lipinski definition) is 7. The van der Waals surface area contributed by atoms with Gasteiger partial charge >= 0.3 is 10.2 Å². The lowest BCUT2D eigenvalue weighted by molar-refractivity contribution is -0.130. The van der Waals surface area contributed by atoms with Crippen molar-refractivity contribution in [2.24, 2.45) is 5.92 Å². The number of likely N-dealkylation sites (tertiary alicyclic amines) is 1. The van der Waals surface area contributed by atoms with Crippen molar-refractivity contribution in [1.29, 1.82) is 5.26 Å². The molecule has 1 unspecified atom stereocenters. The number of rotatable bonds is 9. The molecule has 3 heterocycles. The van der Waals surface area contributed by atoms with Gasteiger partial charge in [-0.2, -0.15) is 5.26 Å². The van der Waals surface area contributed by atoms with Gasteiger partial charge in [-0.3, -0.25) is 24.4 Å². The van der Waals surface area contributed by atoms with Gasteiger partial charge < -0.3 is 14.8 Å². The Morgan fingerprint density at radius 2 is 1.88 bits per heavy atom. The van der Waals surface area contributed by atoms with Gasteiger partial charge in [-0.05, 0) is 43.2 Å². The number of nitrogens with zero attached hydrogens (tertiary/aromatic N) is 4. The lowest BCUT2D eigenvalue weighted by Crippen LogP contribution is -2.55. The second-order valence-corrected chi connectivity index (χ2v) is 13.0. The summed E-state index contributed by atoms with van der Waals surface area (Å²) in [4.78, 5) is 32.2. The van der Waals surface area contributed by atoms with E-state index in [1.54, 1.807) is 0 Å². The van der Waals surface area contributed by atoms with Crippen LogP contribution in [0.1, 0.15) is 30.9 Å². The summed E-state index contributed by atoms with van der Waals surface area (Å²) in [5.41, 5.74) is -0.551. The molecule has 5 rings (SSSR count). The molecule has 222 valence electrons. The van der Waals surface area contributed by atoms with Gasteiger partial charge in [-0.1, -0.05) is 25.5 Å². The number of carbonyl (C=O) groups is 2. The van der Waals surface area contributed by atoms with Gasteiger partial charge in [-0.25, -0.2) is 0 Å². The standard InChI is InChI=1S/C26H28F5N5O4S/c1-39-20-11-22(35(13-20)16-32)25(38)36(19-4-6-21(7-5-19)41(27,28,29,30)31)23(17-3-2-10-33-12-17)24(37)34-26(8-9-26)18-14-40-15-18/h2-7,10,12,18,20,22-23H,8-9,11,13-15H2,1H3,(H,34,37)/t20-,22-,23?/m1/s1. The number of pyridine rings is 1. The molecule has 1 saturated carbocycles. The first-order valence-electron chi connectivity index (χ1n) is 12.8. The van der Waals surface area contributed by atoms with E-state index in [2.05, 4.69) is 10.3 Å². The van der Waals surface area contributed by atoms with Gasteiger partial charge in [0.05, 0.1) is 25.9 Å². The maximum absolute atomic E-state index is 14.2. The van der Waals surface area contributed by atoms with Crippen molar-refractivity contribution in [3.8, 4) is 6.19 Å². The van der Waals surface area contributed by atoms with E-state index in [1.165, 1.54) is 36.5 Å². The van der Waals surface area contributed by atoms with E-state index in [1.807, 2.05) is 6.19 Å². The number of benzene rings is 1. The van der Waals surface area contributed by atoms with E-state index in [-0.39, 0.29) is 42.3 Å². The Balaban J connectivity index is 1.60. The van der Waals surface area contributed by atoms with Gasteiger partial charge in [-0.15, -0.1) is 0 Å². The molecule has 9 nitrogen and oxygen atoms in total. The first-order chi connectivity index (χ1) is 19.2. The van der Waals surface area contributed by atoms with E-state index in [0.717, 1.165) is 17.0 Å². The van der Waals surface area contributed by atoms with E-state index in [9.17, 15) is 34.3 Å². The molecule has 15 heteroatoms. The molecule has 1 aliphatic carbocycles. The number of nitrogens with one attached hydrogen (secondary N) is 1. The van der Waals surface area contributed by atoms with Crippen LogP contribution in [-0.4, -0.2) is 66.3 Å². The second-order valence-electron chi connectivity index (χ2n) is 10.6. The van der Waals surface area contributed by atoms with E-state index in [4.69, 9.17) is 9.47 Å². The first kappa shape index (κ1) is 29.0. The quantitative estimate of drug-likeness (QED) is 0.329. The Labute approximate surface area is 232 Å². The van der Waals surface area contributed by atoms with Crippen LogP contribution in [0.2, 0.25) is 0 Å². The van der Waals surface area contributed by atoms with Crippen molar-refractivity contribution < 1.29 is 38.5 Å². The lowest BCUT2D eigenvalue weighted by atomic mass is 9.94. The fourth-order valence-electron chi connectivity index (χ4n) is 5.33. The maximum atomic E-state index is 14.2.